The van der Waals surface area contributed by atoms with Crippen LogP contribution >= 0.6 is 0 Å². The van der Waals surface area contributed by atoms with Gasteiger partial charge < -0.3 is 11.1 Å². The summed E-state index contributed by atoms with van der Waals surface area (Å²) in [7, 11) is -3.14. The van der Waals surface area contributed by atoms with Crippen molar-refractivity contribution in [1.82, 2.24) is 4.98 Å². The van der Waals surface area contributed by atoms with Crippen LogP contribution in [0.25, 0.3) is 10.8 Å². The van der Waals surface area contributed by atoms with Gasteiger partial charge in [0.1, 0.15) is 0 Å². The minimum Gasteiger partial charge on any atom is -0.397 e. The van der Waals surface area contributed by atoms with E-state index in [0.717, 1.165) is 16.5 Å². The van der Waals surface area contributed by atoms with Gasteiger partial charge >= 0.3 is 0 Å². The van der Waals surface area contributed by atoms with Gasteiger partial charge in [-0.1, -0.05) is 6.07 Å². The molecule has 0 saturated carbocycles. The molecule has 0 atom stereocenters. The summed E-state index contributed by atoms with van der Waals surface area (Å²) in [4.78, 5) is 4.05. The van der Waals surface area contributed by atoms with E-state index < -0.39 is 14.6 Å². The van der Waals surface area contributed by atoms with E-state index in [1.807, 2.05) is 18.2 Å². The molecule has 0 aliphatic rings. The Bertz CT molecular complexity index is 739. The molecule has 0 spiro atoms. The van der Waals surface area contributed by atoms with Crippen LogP contribution in [0.1, 0.15) is 13.8 Å². The van der Waals surface area contributed by atoms with E-state index in [1.165, 1.54) is 6.26 Å². The first-order valence-electron chi connectivity index (χ1n) is 6.28. The van der Waals surface area contributed by atoms with Crippen LogP contribution in [0.4, 0.5) is 11.4 Å². The molecule has 20 heavy (non-hydrogen) atoms. The summed E-state index contributed by atoms with van der Waals surface area (Å²) in [5.41, 5.74) is 7.46. The first-order valence-corrected chi connectivity index (χ1v) is 8.17. The lowest BCUT2D eigenvalue weighted by Crippen LogP contribution is -2.38. The summed E-state index contributed by atoms with van der Waals surface area (Å²) < 4.78 is 22.5. The average Bonchev–Trinajstić information content (AvgIpc) is 2.37. The largest absolute Gasteiger partial charge is 0.397 e. The maximum absolute atomic E-state index is 11.7. The summed E-state index contributed by atoms with van der Waals surface area (Å²) in [6, 6.07) is 5.60. The summed E-state index contributed by atoms with van der Waals surface area (Å²) in [5.74, 6) is 0. The molecule has 6 heteroatoms. The molecule has 108 valence electrons. The van der Waals surface area contributed by atoms with Crippen LogP contribution in [0.3, 0.4) is 0 Å². The van der Waals surface area contributed by atoms with E-state index in [2.05, 4.69) is 10.3 Å². The van der Waals surface area contributed by atoms with Gasteiger partial charge in [0.2, 0.25) is 0 Å². The number of aromatic nitrogens is 1. The van der Waals surface area contributed by atoms with Crippen LogP contribution in [0.5, 0.6) is 0 Å². The summed E-state index contributed by atoms with van der Waals surface area (Å²) in [6.45, 7) is 3.68. The number of pyridine rings is 1. The molecular weight excluding hydrogens is 274 g/mol. The van der Waals surface area contributed by atoms with E-state index in [4.69, 9.17) is 5.73 Å². The number of nitrogen functional groups attached to an aromatic ring is 1. The van der Waals surface area contributed by atoms with Crippen molar-refractivity contribution in [2.24, 2.45) is 0 Å². The van der Waals surface area contributed by atoms with Gasteiger partial charge in [-0.3, -0.25) is 4.98 Å². The second kappa shape index (κ2) is 4.94. The summed E-state index contributed by atoms with van der Waals surface area (Å²) >= 11 is 0. The van der Waals surface area contributed by atoms with Gasteiger partial charge in [0.25, 0.3) is 0 Å². The first kappa shape index (κ1) is 14.6. The Morgan fingerprint density at radius 1 is 1.30 bits per heavy atom. The molecule has 2 aromatic rings. The molecule has 3 N–H and O–H groups in total. The zero-order valence-electron chi connectivity index (χ0n) is 11.8. The molecular formula is C14H19N3O2S. The Morgan fingerprint density at radius 2 is 2.00 bits per heavy atom. The maximum Gasteiger partial charge on any atom is 0.154 e. The molecule has 1 aromatic carbocycles. The lowest BCUT2D eigenvalue weighted by Gasteiger charge is -2.24. The van der Waals surface area contributed by atoms with Crippen molar-refractivity contribution in [2.45, 2.75) is 18.6 Å². The predicted molar refractivity (Wildman–Crippen MR) is 83.6 cm³/mol. The van der Waals surface area contributed by atoms with E-state index in [1.54, 1.807) is 26.2 Å². The van der Waals surface area contributed by atoms with Gasteiger partial charge in [-0.2, -0.15) is 0 Å². The highest BCUT2D eigenvalue weighted by atomic mass is 32.2. The van der Waals surface area contributed by atoms with Crippen molar-refractivity contribution in [1.29, 1.82) is 0 Å². The minimum absolute atomic E-state index is 0.298. The third-order valence-corrected chi connectivity index (χ3v) is 5.72. The second-order valence-electron chi connectivity index (χ2n) is 5.51. The number of hydrogen-bond donors (Lipinski definition) is 2. The molecule has 0 unspecified atom stereocenters. The van der Waals surface area contributed by atoms with Gasteiger partial charge in [0.05, 0.1) is 16.1 Å². The van der Waals surface area contributed by atoms with Crippen molar-refractivity contribution in [3.63, 3.8) is 0 Å². The topological polar surface area (TPSA) is 85.1 Å². The zero-order valence-corrected chi connectivity index (χ0v) is 12.7. The van der Waals surface area contributed by atoms with Crippen LogP contribution in [0, 0.1) is 0 Å². The number of hydrogen-bond acceptors (Lipinski definition) is 5. The molecule has 0 amide bonds. The average molecular weight is 293 g/mol. The van der Waals surface area contributed by atoms with Crippen LogP contribution in [-0.4, -0.2) is 30.9 Å². The third kappa shape index (κ3) is 2.70. The highest BCUT2D eigenvalue weighted by molar-refractivity contribution is 7.92. The fourth-order valence-electron chi connectivity index (χ4n) is 1.79. The zero-order chi connectivity index (χ0) is 15.0. The van der Waals surface area contributed by atoms with Gasteiger partial charge in [0, 0.05) is 36.0 Å². The van der Waals surface area contributed by atoms with Crippen LogP contribution in [0.2, 0.25) is 0 Å². The Labute approximate surface area is 119 Å². The number of nitrogens with two attached hydrogens (primary N) is 1. The predicted octanol–water partition coefficient (Wildman–Crippen LogP) is 2.05. The van der Waals surface area contributed by atoms with E-state index in [9.17, 15) is 8.42 Å². The first-order chi connectivity index (χ1) is 9.22. The number of rotatable bonds is 4. The lowest BCUT2D eigenvalue weighted by molar-refractivity contribution is 0.560. The molecule has 0 fully saturated rings. The fraction of sp³-hybridized carbons (Fsp3) is 0.357. The molecule has 0 aliphatic carbocycles. The van der Waals surface area contributed by atoms with Crippen molar-refractivity contribution < 1.29 is 8.42 Å². The van der Waals surface area contributed by atoms with Crippen LogP contribution in [0.15, 0.2) is 30.6 Å². The Balaban J connectivity index is 2.30. The standard InChI is InChI=1S/C14H19N3O2S/c1-14(2,20(3,18)19)9-17-12-5-4-10-8-16-7-6-11(10)13(12)15/h4-8,17H,9,15H2,1-3H3. The Hall–Kier alpha value is -1.82. The Morgan fingerprint density at radius 3 is 2.65 bits per heavy atom. The Kier molecular flexibility index (Phi) is 3.60. The van der Waals surface area contributed by atoms with Crippen molar-refractivity contribution >= 4 is 32.0 Å². The lowest BCUT2D eigenvalue weighted by atomic mass is 10.1. The molecule has 0 aliphatic heterocycles. The van der Waals surface area contributed by atoms with Crippen LogP contribution < -0.4 is 11.1 Å². The maximum atomic E-state index is 11.7. The number of nitrogens with zero attached hydrogens (tertiary/aromatic N) is 1. The second-order valence-corrected chi connectivity index (χ2v) is 8.16. The summed E-state index contributed by atoms with van der Waals surface area (Å²) in [5, 5.41) is 4.99. The molecule has 0 saturated heterocycles. The van der Waals surface area contributed by atoms with Crippen molar-refractivity contribution in [3.05, 3.63) is 30.6 Å². The number of anilines is 2. The molecule has 0 bridgehead atoms. The smallest absolute Gasteiger partial charge is 0.154 e. The van der Waals surface area contributed by atoms with E-state index in [0.29, 0.717) is 12.2 Å². The normalized spacial score (nSPS) is 12.6. The molecule has 1 heterocycles. The monoisotopic (exact) mass is 293 g/mol. The van der Waals surface area contributed by atoms with Gasteiger partial charge in [0.15, 0.2) is 9.84 Å². The minimum atomic E-state index is -3.14. The molecule has 0 radical (unpaired) electrons. The number of benzene rings is 1. The number of fused-ring (bicyclic) bond motifs is 1. The fourth-order valence-corrected chi connectivity index (χ4v) is 2.12. The van der Waals surface area contributed by atoms with E-state index in [-0.39, 0.29) is 0 Å². The highest BCUT2D eigenvalue weighted by Crippen LogP contribution is 2.28. The van der Waals surface area contributed by atoms with Crippen molar-refractivity contribution in [3.8, 4) is 0 Å². The van der Waals surface area contributed by atoms with Gasteiger partial charge in [-0.25, -0.2) is 8.42 Å². The quantitative estimate of drug-likeness (QED) is 0.843. The van der Waals surface area contributed by atoms with Gasteiger partial charge in [-0.15, -0.1) is 0 Å². The van der Waals surface area contributed by atoms with Crippen molar-refractivity contribution in [2.75, 3.05) is 23.9 Å². The van der Waals surface area contributed by atoms with Crippen LogP contribution in [-0.2, 0) is 9.84 Å². The molecule has 5 nitrogen and oxygen atoms in total. The number of nitrogens with one attached hydrogen (secondary N) is 1. The summed E-state index contributed by atoms with van der Waals surface area (Å²) in [6.07, 6.45) is 4.67. The SMILES string of the molecule is CC(C)(CNc1ccc2cnccc2c1N)S(C)(=O)=O. The van der Waals surface area contributed by atoms with Gasteiger partial charge in [-0.05, 0) is 26.0 Å². The molecule has 1 aromatic heterocycles. The van der Waals surface area contributed by atoms with E-state index >= 15 is 0 Å². The number of sulfone groups is 1. The highest BCUT2D eigenvalue weighted by Gasteiger charge is 2.29. The third-order valence-electron chi connectivity index (χ3n) is 3.57. The molecule has 2 rings (SSSR count).